The smallest absolute Gasteiger partial charge is 0.315 e. The van der Waals surface area contributed by atoms with E-state index in [0.29, 0.717) is 12.0 Å². The van der Waals surface area contributed by atoms with Crippen LogP contribution in [0.2, 0.25) is 0 Å². The van der Waals surface area contributed by atoms with Crippen LogP contribution in [0.5, 0.6) is 0 Å². The van der Waals surface area contributed by atoms with E-state index in [1.54, 1.807) is 0 Å². The van der Waals surface area contributed by atoms with Gasteiger partial charge in [-0.1, -0.05) is 6.07 Å². The number of halogens is 3. The molecule has 0 bridgehead atoms. The van der Waals surface area contributed by atoms with Gasteiger partial charge in [0.25, 0.3) is 0 Å². The first-order chi connectivity index (χ1) is 8.97. The number of rotatable bonds is 2. The minimum Gasteiger partial charge on any atom is -0.315 e. The van der Waals surface area contributed by atoms with Crippen molar-refractivity contribution in [1.82, 2.24) is 15.2 Å². The van der Waals surface area contributed by atoms with Crippen molar-refractivity contribution in [3.05, 3.63) is 29.6 Å². The van der Waals surface area contributed by atoms with Crippen molar-refractivity contribution in [2.45, 2.75) is 19.1 Å². The lowest BCUT2D eigenvalue weighted by molar-refractivity contribution is -0.141. The van der Waals surface area contributed by atoms with Crippen molar-refractivity contribution in [1.29, 1.82) is 0 Å². The van der Waals surface area contributed by atoms with Crippen molar-refractivity contribution in [2.75, 3.05) is 26.2 Å². The van der Waals surface area contributed by atoms with Gasteiger partial charge < -0.3 is 5.32 Å². The predicted octanol–water partition coefficient (Wildman–Crippen LogP) is 1.90. The summed E-state index contributed by atoms with van der Waals surface area (Å²) in [5.74, 6) is 0. The summed E-state index contributed by atoms with van der Waals surface area (Å²) >= 11 is 0. The molecule has 3 nitrogen and oxygen atoms in total. The Morgan fingerprint density at radius 2 is 2.11 bits per heavy atom. The zero-order valence-corrected chi connectivity index (χ0v) is 10.5. The Morgan fingerprint density at radius 1 is 1.32 bits per heavy atom. The lowest BCUT2D eigenvalue weighted by Crippen LogP contribution is -2.54. The van der Waals surface area contributed by atoms with Crippen LogP contribution in [0.25, 0.3) is 0 Å². The van der Waals surface area contributed by atoms with Gasteiger partial charge in [-0.3, -0.25) is 9.88 Å². The van der Waals surface area contributed by atoms with Crippen LogP contribution in [0.3, 0.4) is 0 Å². The van der Waals surface area contributed by atoms with Gasteiger partial charge in [0.15, 0.2) is 0 Å². The molecule has 2 aliphatic heterocycles. The van der Waals surface area contributed by atoms with Crippen LogP contribution in [0, 0.1) is 5.41 Å². The molecule has 3 heterocycles. The highest BCUT2D eigenvalue weighted by atomic mass is 19.4. The molecule has 2 fully saturated rings. The fraction of sp³-hybridized carbons (Fsp3) is 0.615. The maximum Gasteiger partial charge on any atom is 0.433 e. The van der Waals surface area contributed by atoms with E-state index in [-0.39, 0.29) is 0 Å². The highest BCUT2D eigenvalue weighted by Crippen LogP contribution is 2.34. The summed E-state index contributed by atoms with van der Waals surface area (Å²) in [5.41, 5.74) is 0.439. The molecule has 0 radical (unpaired) electrons. The van der Waals surface area contributed by atoms with E-state index >= 15 is 0 Å². The Labute approximate surface area is 109 Å². The second kappa shape index (κ2) is 4.45. The van der Waals surface area contributed by atoms with Gasteiger partial charge in [0.05, 0.1) is 0 Å². The first kappa shape index (κ1) is 12.9. The Hall–Kier alpha value is -1.14. The van der Waals surface area contributed by atoms with E-state index in [4.69, 9.17) is 0 Å². The molecule has 0 saturated carbocycles. The number of nitrogens with one attached hydrogen (secondary N) is 1. The quantitative estimate of drug-likeness (QED) is 0.890. The van der Waals surface area contributed by atoms with Gasteiger partial charge in [-0.2, -0.15) is 13.2 Å². The number of hydrogen-bond donors (Lipinski definition) is 1. The highest BCUT2D eigenvalue weighted by molar-refractivity contribution is 5.16. The maximum absolute atomic E-state index is 12.4. The number of pyridine rings is 1. The summed E-state index contributed by atoms with van der Waals surface area (Å²) in [6, 6.07) is 2.59. The van der Waals surface area contributed by atoms with E-state index in [9.17, 15) is 13.2 Å². The molecule has 1 spiro atoms. The largest absolute Gasteiger partial charge is 0.433 e. The number of alkyl halides is 3. The SMILES string of the molecule is FC(F)(F)c1ccc(CN2CCC3(CNC3)C2)cn1. The Morgan fingerprint density at radius 3 is 2.58 bits per heavy atom. The second-order valence-electron chi connectivity index (χ2n) is 5.61. The molecule has 0 aromatic carbocycles. The number of likely N-dealkylation sites (tertiary alicyclic amines) is 1. The minimum absolute atomic E-state index is 0.416. The van der Waals surface area contributed by atoms with Gasteiger partial charge >= 0.3 is 6.18 Å². The molecule has 3 rings (SSSR count). The molecule has 0 atom stereocenters. The van der Waals surface area contributed by atoms with Crippen LogP contribution in [-0.2, 0) is 12.7 Å². The molecule has 1 N–H and O–H groups in total. The molecule has 104 valence electrons. The predicted molar refractivity (Wildman–Crippen MR) is 64.4 cm³/mol. The van der Waals surface area contributed by atoms with Gasteiger partial charge in [0.2, 0.25) is 0 Å². The summed E-state index contributed by atoms with van der Waals surface area (Å²) in [6.45, 7) is 4.86. The molecule has 1 aromatic heterocycles. The van der Waals surface area contributed by atoms with Gasteiger partial charge in [-0.05, 0) is 24.6 Å². The lowest BCUT2D eigenvalue weighted by Gasteiger charge is -2.39. The summed E-state index contributed by atoms with van der Waals surface area (Å²) in [7, 11) is 0. The topological polar surface area (TPSA) is 28.2 Å². The zero-order chi connectivity index (χ0) is 13.5. The third kappa shape index (κ3) is 2.60. The Bertz CT molecular complexity index is 451. The normalized spacial score (nSPS) is 22.7. The maximum atomic E-state index is 12.4. The van der Waals surface area contributed by atoms with Crippen molar-refractivity contribution >= 4 is 0 Å². The average Bonchev–Trinajstić information content (AvgIpc) is 2.73. The van der Waals surface area contributed by atoms with Crippen LogP contribution in [0.15, 0.2) is 18.3 Å². The van der Waals surface area contributed by atoms with Gasteiger partial charge in [-0.25, -0.2) is 0 Å². The van der Waals surface area contributed by atoms with Crippen molar-refractivity contribution in [3.63, 3.8) is 0 Å². The molecule has 0 unspecified atom stereocenters. The first-order valence-electron chi connectivity index (χ1n) is 6.42. The second-order valence-corrected chi connectivity index (χ2v) is 5.61. The molecular formula is C13H16F3N3. The van der Waals surface area contributed by atoms with Crippen LogP contribution < -0.4 is 5.32 Å². The van der Waals surface area contributed by atoms with Crippen LogP contribution in [-0.4, -0.2) is 36.1 Å². The fourth-order valence-corrected chi connectivity index (χ4v) is 2.87. The van der Waals surface area contributed by atoms with E-state index < -0.39 is 11.9 Å². The highest BCUT2D eigenvalue weighted by Gasteiger charge is 2.42. The Kier molecular flexibility index (Phi) is 3.02. The molecule has 1 aromatic rings. The van der Waals surface area contributed by atoms with Crippen LogP contribution in [0.4, 0.5) is 13.2 Å². The van der Waals surface area contributed by atoms with E-state index in [1.165, 1.54) is 18.7 Å². The minimum atomic E-state index is -4.35. The van der Waals surface area contributed by atoms with Crippen LogP contribution in [0.1, 0.15) is 17.7 Å². The molecule has 2 saturated heterocycles. The third-order valence-corrected chi connectivity index (χ3v) is 4.04. The Balaban J connectivity index is 1.61. The summed E-state index contributed by atoms with van der Waals surface area (Å²) < 4.78 is 37.2. The van der Waals surface area contributed by atoms with Crippen molar-refractivity contribution in [3.8, 4) is 0 Å². The van der Waals surface area contributed by atoms with E-state index in [1.807, 2.05) is 0 Å². The molecule has 0 amide bonds. The van der Waals surface area contributed by atoms with Crippen LogP contribution >= 0.6 is 0 Å². The molecule has 2 aliphatic rings. The lowest BCUT2D eigenvalue weighted by atomic mass is 9.81. The molecule has 19 heavy (non-hydrogen) atoms. The van der Waals surface area contributed by atoms with Crippen molar-refractivity contribution in [2.24, 2.45) is 5.41 Å². The van der Waals surface area contributed by atoms with Gasteiger partial charge in [0.1, 0.15) is 5.69 Å². The molecular weight excluding hydrogens is 255 g/mol. The third-order valence-electron chi connectivity index (χ3n) is 4.04. The van der Waals surface area contributed by atoms with Crippen molar-refractivity contribution < 1.29 is 13.2 Å². The summed E-state index contributed by atoms with van der Waals surface area (Å²) in [6.07, 6.45) is -1.84. The zero-order valence-electron chi connectivity index (χ0n) is 10.5. The average molecular weight is 271 g/mol. The number of hydrogen-bond acceptors (Lipinski definition) is 3. The monoisotopic (exact) mass is 271 g/mol. The van der Waals surface area contributed by atoms with E-state index in [2.05, 4.69) is 15.2 Å². The summed E-state index contributed by atoms with van der Waals surface area (Å²) in [5, 5.41) is 3.29. The van der Waals surface area contributed by atoms with E-state index in [0.717, 1.165) is 37.8 Å². The van der Waals surface area contributed by atoms with Gasteiger partial charge in [-0.15, -0.1) is 0 Å². The first-order valence-corrected chi connectivity index (χ1v) is 6.42. The van der Waals surface area contributed by atoms with Gasteiger partial charge in [0, 0.05) is 37.8 Å². The number of nitrogens with zero attached hydrogens (tertiary/aromatic N) is 2. The summed E-state index contributed by atoms with van der Waals surface area (Å²) in [4.78, 5) is 5.80. The number of aromatic nitrogens is 1. The standard InChI is InChI=1S/C13H16F3N3/c14-13(15,16)11-2-1-10(5-18-11)6-19-4-3-12(9-19)7-17-8-12/h1-2,5,17H,3-4,6-9H2. The molecule has 6 heteroatoms. The molecule has 0 aliphatic carbocycles. The fourth-order valence-electron chi connectivity index (χ4n) is 2.87.